The monoisotopic (exact) mass is 510 g/mol. The predicted octanol–water partition coefficient (Wildman–Crippen LogP) is 5.38. The first-order chi connectivity index (χ1) is 17.6. The summed E-state index contributed by atoms with van der Waals surface area (Å²) < 4.78 is 53.2. The number of nitrogens with two attached hydrogens (primary N) is 1. The maximum absolute atomic E-state index is 13.3. The summed E-state index contributed by atoms with van der Waals surface area (Å²) in [7, 11) is 0. The fourth-order valence-electron chi connectivity index (χ4n) is 3.51. The molecule has 0 aliphatic carbocycles. The van der Waals surface area contributed by atoms with Crippen LogP contribution in [-0.2, 0) is 12.7 Å². The van der Waals surface area contributed by atoms with Crippen molar-refractivity contribution in [3.63, 3.8) is 0 Å². The molecule has 1 atom stereocenters. The van der Waals surface area contributed by atoms with Crippen molar-refractivity contribution < 1.29 is 22.4 Å². The highest BCUT2D eigenvalue weighted by Gasteiger charge is 2.32. The number of rotatable bonds is 7. The molecule has 1 amide bonds. The van der Waals surface area contributed by atoms with Crippen LogP contribution in [-0.4, -0.2) is 20.9 Å². The van der Waals surface area contributed by atoms with Gasteiger partial charge in [-0.3, -0.25) is 9.78 Å². The minimum Gasteiger partial charge on any atom is -0.382 e. The van der Waals surface area contributed by atoms with Crippen LogP contribution in [0.4, 0.5) is 29.2 Å². The lowest BCUT2D eigenvalue weighted by Crippen LogP contribution is -2.28. The number of aromatic nitrogens is 3. The number of carbonyl (C=O) groups is 1. The highest BCUT2D eigenvalue weighted by Crippen LogP contribution is 2.31. The van der Waals surface area contributed by atoms with Gasteiger partial charge in [0.25, 0.3) is 5.91 Å². The van der Waals surface area contributed by atoms with E-state index in [1.807, 2.05) is 12.1 Å². The Bertz CT molecular complexity index is 1370. The standard InChI is InChI=1S/C26H22F4N6O/c1-15(17-6-8-20(27)9-7-17)36-25(37)21-10-19(26(28,29)30)12-35-24(21)34-11-16-2-4-18(5-3-16)22-13-33-23(31)14-32-22/h2-10,12-15H,11H2,1H3,(H2,31,33)(H,34,35)(H,36,37)/t15-/m0/s1. The Balaban J connectivity index is 1.52. The third-order valence-electron chi connectivity index (χ3n) is 5.56. The number of alkyl halides is 3. The van der Waals surface area contributed by atoms with Crippen molar-refractivity contribution >= 4 is 17.5 Å². The van der Waals surface area contributed by atoms with Crippen LogP contribution in [0.25, 0.3) is 11.3 Å². The summed E-state index contributed by atoms with van der Waals surface area (Å²) in [5, 5.41) is 5.59. The molecule has 0 bridgehead atoms. The number of amides is 1. The van der Waals surface area contributed by atoms with Gasteiger partial charge in [-0.1, -0.05) is 36.4 Å². The molecule has 0 aliphatic rings. The van der Waals surface area contributed by atoms with E-state index < -0.39 is 29.5 Å². The largest absolute Gasteiger partial charge is 0.417 e. The molecule has 4 N–H and O–H groups in total. The number of carbonyl (C=O) groups excluding carboxylic acids is 1. The SMILES string of the molecule is C[C@H](NC(=O)c1cc(C(F)(F)F)cnc1NCc1ccc(-c2cnc(N)cn2)cc1)c1ccc(F)cc1. The number of nitrogens with one attached hydrogen (secondary N) is 2. The number of pyridine rings is 1. The summed E-state index contributed by atoms with van der Waals surface area (Å²) in [6.45, 7) is 1.84. The maximum atomic E-state index is 13.3. The predicted molar refractivity (Wildman–Crippen MR) is 131 cm³/mol. The van der Waals surface area contributed by atoms with Crippen LogP contribution in [0.1, 0.15) is 40.0 Å². The fraction of sp³-hybridized carbons (Fsp3) is 0.154. The number of hydrogen-bond acceptors (Lipinski definition) is 6. The molecule has 190 valence electrons. The van der Waals surface area contributed by atoms with Gasteiger partial charge in [-0.25, -0.2) is 14.4 Å². The summed E-state index contributed by atoms with van der Waals surface area (Å²) in [5.74, 6) is -0.897. The van der Waals surface area contributed by atoms with Crippen molar-refractivity contribution in [1.29, 1.82) is 0 Å². The molecule has 4 rings (SSSR count). The van der Waals surface area contributed by atoms with E-state index >= 15 is 0 Å². The lowest BCUT2D eigenvalue weighted by molar-refractivity contribution is -0.137. The number of nitrogen functional groups attached to an aromatic ring is 1. The second-order valence-electron chi connectivity index (χ2n) is 8.24. The fourth-order valence-corrected chi connectivity index (χ4v) is 3.51. The molecule has 0 fully saturated rings. The minimum atomic E-state index is -4.68. The van der Waals surface area contributed by atoms with Gasteiger partial charge < -0.3 is 16.4 Å². The molecule has 2 aromatic carbocycles. The van der Waals surface area contributed by atoms with Gasteiger partial charge in [0, 0.05) is 18.3 Å². The first-order valence-electron chi connectivity index (χ1n) is 11.1. The van der Waals surface area contributed by atoms with E-state index in [0.717, 1.165) is 17.2 Å². The van der Waals surface area contributed by atoms with Gasteiger partial charge in [-0.05, 0) is 36.2 Å². The van der Waals surface area contributed by atoms with E-state index in [9.17, 15) is 22.4 Å². The van der Waals surface area contributed by atoms with Crippen molar-refractivity contribution in [2.45, 2.75) is 25.7 Å². The Hall–Kier alpha value is -4.54. The lowest BCUT2D eigenvalue weighted by Gasteiger charge is -2.18. The Labute approximate surface area is 209 Å². The van der Waals surface area contributed by atoms with Crippen molar-refractivity contribution in [3.8, 4) is 11.3 Å². The molecule has 0 unspecified atom stereocenters. The molecule has 4 aromatic rings. The third-order valence-corrected chi connectivity index (χ3v) is 5.56. The quantitative estimate of drug-likeness (QED) is 0.288. The van der Waals surface area contributed by atoms with Crippen LogP contribution in [0.5, 0.6) is 0 Å². The van der Waals surface area contributed by atoms with Gasteiger partial charge in [0.1, 0.15) is 17.5 Å². The molecular weight excluding hydrogens is 488 g/mol. The third kappa shape index (κ3) is 6.37. The molecule has 0 saturated heterocycles. The topological polar surface area (TPSA) is 106 Å². The first kappa shape index (κ1) is 25.5. The van der Waals surface area contributed by atoms with E-state index in [1.165, 1.54) is 30.5 Å². The molecule has 0 aliphatic heterocycles. The smallest absolute Gasteiger partial charge is 0.382 e. The second-order valence-corrected chi connectivity index (χ2v) is 8.24. The maximum Gasteiger partial charge on any atom is 0.417 e. The highest BCUT2D eigenvalue weighted by molar-refractivity contribution is 5.99. The molecule has 2 aromatic heterocycles. The van der Waals surface area contributed by atoms with Gasteiger partial charge in [0.15, 0.2) is 0 Å². The average Bonchev–Trinajstić information content (AvgIpc) is 2.88. The summed E-state index contributed by atoms with van der Waals surface area (Å²) in [6.07, 6.45) is -1.01. The minimum absolute atomic E-state index is 0.00900. The average molecular weight is 510 g/mol. The van der Waals surface area contributed by atoms with Crippen LogP contribution in [0, 0.1) is 5.82 Å². The van der Waals surface area contributed by atoms with Crippen molar-refractivity contribution in [1.82, 2.24) is 20.3 Å². The van der Waals surface area contributed by atoms with Gasteiger partial charge >= 0.3 is 6.18 Å². The normalized spacial score (nSPS) is 12.1. The molecule has 11 heteroatoms. The summed E-state index contributed by atoms with van der Waals surface area (Å²) in [4.78, 5) is 25.1. The van der Waals surface area contributed by atoms with Crippen molar-refractivity contribution in [3.05, 3.63) is 101 Å². The van der Waals surface area contributed by atoms with E-state index in [-0.39, 0.29) is 17.9 Å². The highest BCUT2D eigenvalue weighted by atomic mass is 19.4. The van der Waals surface area contributed by atoms with Crippen LogP contribution in [0.3, 0.4) is 0 Å². The zero-order valence-electron chi connectivity index (χ0n) is 19.6. The Morgan fingerprint density at radius 2 is 1.68 bits per heavy atom. The van der Waals surface area contributed by atoms with E-state index in [0.29, 0.717) is 23.3 Å². The number of anilines is 2. The Morgan fingerprint density at radius 3 is 2.30 bits per heavy atom. The number of hydrogen-bond donors (Lipinski definition) is 3. The zero-order chi connectivity index (χ0) is 26.6. The number of nitrogens with zero attached hydrogens (tertiary/aromatic N) is 3. The number of benzene rings is 2. The summed E-state index contributed by atoms with van der Waals surface area (Å²) >= 11 is 0. The Kier molecular flexibility index (Phi) is 7.32. The van der Waals surface area contributed by atoms with E-state index in [2.05, 4.69) is 25.6 Å². The van der Waals surface area contributed by atoms with Crippen molar-refractivity contribution in [2.75, 3.05) is 11.1 Å². The van der Waals surface area contributed by atoms with Gasteiger partial charge in [0.2, 0.25) is 0 Å². The van der Waals surface area contributed by atoms with Gasteiger partial charge in [-0.15, -0.1) is 0 Å². The molecule has 0 radical (unpaired) electrons. The Morgan fingerprint density at radius 1 is 0.973 bits per heavy atom. The molecule has 7 nitrogen and oxygen atoms in total. The number of halogens is 4. The molecule has 0 spiro atoms. The van der Waals surface area contributed by atoms with Crippen LogP contribution >= 0.6 is 0 Å². The lowest BCUT2D eigenvalue weighted by atomic mass is 10.1. The van der Waals surface area contributed by atoms with Crippen LogP contribution < -0.4 is 16.4 Å². The molecule has 37 heavy (non-hydrogen) atoms. The van der Waals surface area contributed by atoms with Crippen molar-refractivity contribution in [2.24, 2.45) is 0 Å². The van der Waals surface area contributed by atoms with E-state index in [4.69, 9.17) is 5.73 Å². The second kappa shape index (κ2) is 10.6. The zero-order valence-corrected chi connectivity index (χ0v) is 19.6. The summed E-state index contributed by atoms with van der Waals surface area (Å²) in [6, 6.07) is 12.9. The molecule has 2 heterocycles. The van der Waals surface area contributed by atoms with Crippen LogP contribution in [0.2, 0.25) is 0 Å². The summed E-state index contributed by atoms with van der Waals surface area (Å²) in [5.41, 5.74) is 7.06. The van der Waals surface area contributed by atoms with Gasteiger partial charge in [-0.2, -0.15) is 13.2 Å². The molecule has 0 saturated carbocycles. The molecular formula is C26H22F4N6O. The van der Waals surface area contributed by atoms with Gasteiger partial charge in [0.05, 0.1) is 35.3 Å². The first-order valence-corrected chi connectivity index (χ1v) is 11.1. The van der Waals surface area contributed by atoms with Crippen LogP contribution in [0.15, 0.2) is 73.2 Å². The van der Waals surface area contributed by atoms with E-state index in [1.54, 1.807) is 25.3 Å².